The van der Waals surface area contributed by atoms with Crippen molar-refractivity contribution in [3.05, 3.63) is 0 Å². The molecule has 0 fully saturated rings. The minimum atomic E-state index is -2.56. The zero-order chi connectivity index (χ0) is 10.6. The minimum Gasteiger partial charge on any atom is -0.846 e. The Kier molecular flexibility index (Phi) is 15.0. The van der Waals surface area contributed by atoms with Crippen molar-refractivity contribution in [1.29, 1.82) is 0 Å². The molecule has 4 atom stereocenters. The number of hydrogen-bond acceptors (Lipinski definition) is 7. The van der Waals surface area contributed by atoms with Gasteiger partial charge in [-0.3, -0.25) is 0 Å². The van der Waals surface area contributed by atoms with Crippen LogP contribution in [0.2, 0.25) is 0 Å². The number of aliphatic hydroxyl groups is 4. The van der Waals surface area contributed by atoms with Crippen molar-refractivity contribution in [1.82, 2.24) is 0 Å². The fourth-order valence-corrected chi connectivity index (χ4v) is 0.654. The van der Waals surface area contributed by atoms with E-state index in [4.69, 9.17) is 20.4 Å². The number of aliphatic carboxylic acids is 1. The summed E-state index contributed by atoms with van der Waals surface area (Å²) in [6.07, 6.45) is -8.54. The molecule has 15 heavy (non-hydrogen) atoms. The van der Waals surface area contributed by atoms with Crippen LogP contribution in [-0.2, 0) is 4.79 Å². The smallest absolute Gasteiger partial charge is 0.846 e. The molecule has 0 heterocycles. The molecule has 0 aromatic heterocycles. The summed E-state index contributed by atoms with van der Waals surface area (Å²) in [4.78, 5) is 9.92. The predicted molar refractivity (Wildman–Crippen MR) is 33.9 cm³/mol. The summed E-state index contributed by atoms with van der Waals surface area (Å²) in [6, 6.07) is 0. The Hall–Kier alpha value is 1.27. The second-order valence-electron chi connectivity index (χ2n) is 2.47. The molecule has 0 spiro atoms. The number of carboxylic acid groups (broad SMARTS) is 1. The monoisotopic (exact) mass is 240 g/mol. The molecule has 0 radical (unpaired) electrons. The maximum atomic E-state index is 10.5. The van der Waals surface area contributed by atoms with Crippen molar-refractivity contribution in [2.45, 2.75) is 24.4 Å². The number of rotatable bonds is 5. The zero-order valence-electron chi connectivity index (χ0n) is 8.53. The van der Waals surface area contributed by atoms with Crippen LogP contribution in [0.5, 0.6) is 0 Å². The van der Waals surface area contributed by atoms with Gasteiger partial charge >= 0.3 is 59.1 Å². The largest absolute Gasteiger partial charge is 1.00 e. The minimum absolute atomic E-state index is 0. The van der Waals surface area contributed by atoms with Crippen molar-refractivity contribution < 1.29 is 94.5 Å². The van der Waals surface area contributed by atoms with Crippen LogP contribution in [0.1, 0.15) is 0 Å². The van der Waals surface area contributed by atoms with Gasteiger partial charge in [-0.05, 0) is 0 Å². The molecule has 0 aliphatic rings. The molecular formula is C6H10Na2O7. The Morgan fingerprint density at radius 3 is 1.80 bits per heavy atom. The molecule has 0 amide bonds. The van der Waals surface area contributed by atoms with Gasteiger partial charge in [0, 0.05) is 5.97 Å². The van der Waals surface area contributed by atoms with Gasteiger partial charge in [-0.2, -0.15) is 0 Å². The van der Waals surface area contributed by atoms with E-state index in [0.29, 0.717) is 0 Å². The van der Waals surface area contributed by atoms with Crippen LogP contribution < -0.4 is 69.3 Å². The number of carbonyl (C=O) groups is 1. The summed E-state index contributed by atoms with van der Waals surface area (Å²) >= 11 is 0. The summed E-state index contributed by atoms with van der Waals surface area (Å²) in [5, 5.41) is 55.1. The first-order valence-corrected chi connectivity index (χ1v) is 3.43. The van der Waals surface area contributed by atoms with E-state index in [1.54, 1.807) is 0 Å². The fraction of sp³-hybridized carbons (Fsp3) is 0.833. The maximum absolute atomic E-state index is 10.5. The Morgan fingerprint density at radius 2 is 1.53 bits per heavy atom. The van der Waals surface area contributed by atoms with Crippen LogP contribution in [0.3, 0.4) is 0 Å². The fourth-order valence-electron chi connectivity index (χ4n) is 0.654. The van der Waals surface area contributed by atoms with Crippen molar-refractivity contribution >= 4 is 5.97 Å². The standard InChI is InChI=1S/C6H11O7.2Na/c7-1-2(8)3(9)4(10)5(11)6(12)13;;/h2-5,7-10H,1H2,(H,12,13);;/q-1;2*+1/p-1/t2-,3-,4+,5-;;/m1../s1. The third kappa shape index (κ3) is 7.24. The number of hydrogen-bond donors (Lipinski definition) is 4. The van der Waals surface area contributed by atoms with Crippen LogP contribution in [0.4, 0.5) is 0 Å². The molecule has 0 bridgehead atoms. The molecule has 9 heteroatoms. The molecule has 0 aromatic rings. The molecule has 7 nitrogen and oxygen atoms in total. The van der Waals surface area contributed by atoms with Gasteiger partial charge in [-0.15, -0.1) is 0 Å². The van der Waals surface area contributed by atoms with Crippen LogP contribution in [0.25, 0.3) is 0 Å². The van der Waals surface area contributed by atoms with Crippen molar-refractivity contribution in [2.24, 2.45) is 0 Å². The van der Waals surface area contributed by atoms with E-state index in [1.165, 1.54) is 0 Å². The first kappa shape index (κ1) is 21.5. The average Bonchev–Trinajstić information content (AvgIpc) is 2.12. The van der Waals surface area contributed by atoms with Gasteiger partial charge in [0.2, 0.25) is 0 Å². The van der Waals surface area contributed by atoms with Crippen molar-refractivity contribution in [2.75, 3.05) is 6.61 Å². The molecule has 0 rings (SSSR count). The topological polar surface area (TPSA) is 144 Å². The van der Waals surface area contributed by atoms with Gasteiger partial charge in [0.1, 0.15) is 12.2 Å². The van der Waals surface area contributed by atoms with Crippen LogP contribution in [-0.4, -0.2) is 57.4 Å². The first-order chi connectivity index (χ1) is 5.91. The van der Waals surface area contributed by atoms with E-state index in [9.17, 15) is 15.0 Å². The summed E-state index contributed by atoms with van der Waals surface area (Å²) in [7, 11) is 0. The summed E-state index contributed by atoms with van der Waals surface area (Å²) in [6.45, 7) is -0.891. The van der Waals surface area contributed by atoms with E-state index in [1.807, 2.05) is 0 Å². The second kappa shape index (κ2) is 10.4. The third-order valence-corrected chi connectivity index (χ3v) is 1.47. The zero-order valence-corrected chi connectivity index (χ0v) is 12.5. The number of aliphatic hydroxyl groups excluding tert-OH is 4. The molecule has 0 aliphatic carbocycles. The normalized spacial score (nSPS) is 17.7. The van der Waals surface area contributed by atoms with Crippen LogP contribution >= 0.6 is 0 Å². The second-order valence-corrected chi connectivity index (χ2v) is 2.47. The molecule has 4 N–H and O–H groups in total. The molecule has 0 aromatic carbocycles. The van der Waals surface area contributed by atoms with E-state index in [0.717, 1.165) is 0 Å². The summed E-state index contributed by atoms with van der Waals surface area (Å²) < 4.78 is 0. The maximum Gasteiger partial charge on any atom is 1.00 e. The van der Waals surface area contributed by atoms with Gasteiger partial charge in [0.25, 0.3) is 0 Å². The Morgan fingerprint density at radius 1 is 1.13 bits per heavy atom. The van der Waals surface area contributed by atoms with Crippen molar-refractivity contribution in [3.63, 3.8) is 0 Å². The van der Waals surface area contributed by atoms with E-state index in [2.05, 4.69) is 0 Å². The quantitative estimate of drug-likeness (QED) is 0.349. The third-order valence-electron chi connectivity index (χ3n) is 1.47. The van der Waals surface area contributed by atoms with Gasteiger partial charge < -0.3 is 35.4 Å². The van der Waals surface area contributed by atoms with Gasteiger partial charge in [-0.1, -0.05) is 6.10 Å². The molecule has 0 unspecified atom stereocenters. The summed E-state index contributed by atoms with van der Waals surface area (Å²) in [5.41, 5.74) is 0. The molecule has 0 saturated heterocycles. The number of carboxylic acids is 1. The molecule has 78 valence electrons. The summed E-state index contributed by atoms with van der Waals surface area (Å²) in [5.74, 6) is -2.09. The van der Waals surface area contributed by atoms with E-state index in [-0.39, 0.29) is 59.1 Å². The van der Waals surface area contributed by atoms with Gasteiger partial charge in [-0.25, -0.2) is 0 Å². The Bertz CT molecular complexity index is 179. The molecule has 0 aliphatic heterocycles. The van der Waals surface area contributed by atoms with Crippen LogP contribution in [0.15, 0.2) is 0 Å². The van der Waals surface area contributed by atoms with Crippen molar-refractivity contribution in [3.8, 4) is 0 Å². The van der Waals surface area contributed by atoms with Gasteiger partial charge in [0.05, 0.1) is 12.7 Å². The van der Waals surface area contributed by atoms with E-state index >= 15 is 0 Å². The predicted octanol–water partition coefficient (Wildman–Crippen LogP) is -11.5. The van der Waals surface area contributed by atoms with Crippen LogP contribution in [0, 0.1) is 0 Å². The van der Waals surface area contributed by atoms with E-state index < -0.39 is 37.0 Å². The number of carbonyl (C=O) groups excluding carboxylic acids is 1. The first-order valence-electron chi connectivity index (χ1n) is 3.43. The average molecular weight is 240 g/mol. The van der Waals surface area contributed by atoms with Gasteiger partial charge in [0.15, 0.2) is 0 Å². The SMILES string of the molecule is O=C([O-])[C@H]([O-])[C@@H](O)[C@H](O)[C@H](O)CO.[Na+].[Na+]. The molecular weight excluding hydrogens is 230 g/mol. The Labute approximate surface area is 130 Å². The Balaban J connectivity index is -0.000000720. The molecule has 0 saturated carbocycles.